The minimum atomic E-state index is -0.102. The number of hydrogen-bond acceptors (Lipinski definition) is 9. The molecule has 4 nitrogen and oxygen atoms in total. The molecule has 0 aliphatic heterocycles. The lowest BCUT2D eigenvalue weighted by molar-refractivity contribution is 0.0972. The van der Waals surface area contributed by atoms with Gasteiger partial charge in [0.2, 0.25) is 0 Å². The van der Waals surface area contributed by atoms with E-state index in [1.165, 1.54) is 153 Å². The van der Waals surface area contributed by atoms with Crippen molar-refractivity contribution in [2.45, 2.75) is 256 Å². The summed E-state index contributed by atoms with van der Waals surface area (Å²) in [4.78, 5) is 66.8. The molecule has 0 aromatic heterocycles. The number of carbonyl (C=O) groups is 4. The predicted octanol–water partition coefficient (Wildman–Crippen LogP) is 30.6. The SMILES string of the molecule is CCCCCC1CCC(c2ccc(-c3ccc(Sc4ccc(Sc5ccc(C(C)(C)C)cc5)c5c4C(=O)c4cccc(Sc6ccc(C(C)(C)C)cc6)c4C5=O)cc3)cc2)CC1.CCCCCC1CCC(c2ccc(-c3ccc(Sc4ccc5c(c4)C(=O)c4ccc(Sc6ccc(C(C)(C)C)cc6)cc4C5=O)cc3)cc2)CC1. The molecule has 0 saturated heterocycles. The second kappa shape index (κ2) is 35.9. The lowest BCUT2D eigenvalue weighted by Crippen LogP contribution is -2.23. The van der Waals surface area contributed by atoms with Crippen LogP contribution in [0.4, 0.5) is 0 Å². The molecule has 0 bridgehead atoms. The van der Waals surface area contributed by atoms with Gasteiger partial charge in [-0.15, -0.1) is 0 Å². The number of unbranched alkanes of at least 4 members (excludes halogenated alkanes) is 4. The van der Waals surface area contributed by atoms with Crippen LogP contribution in [0.5, 0.6) is 0 Å². The van der Waals surface area contributed by atoms with Crippen molar-refractivity contribution >= 4 is 81.9 Å². The quantitative estimate of drug-likeness (QED) is 0.0617. The first-order chi connectivity index (χ1) is 54.4. The van der Waals surface area contributed by atoms with Crippen molar-refractivity contribution in [3.63, 3.8) is 0 Å². The number of benzene rings is 11. The molecule has 4 aliphatic carbocycles. The van der Waals surface area contributed by atoms with Crippen LogP contribution in [-0.4, -0.2) is 23.1 Å². The van der Waals surface area contributed by atoms with E-state index in [0.29, 0.717) is 56.3 Å². The Bertz CT molecular complexity index is 5190. The molecule has 0 unspecified atom stereocenters. The topological polar surface area (TPSA) is 68.3 Å². The van der Waals surface area contributed by atoms with Gasteiger partial charge in [-0.2, -0.15) is 0 Å². The minimum absolute atomic E-state index is 0.0314. The van der Waals surface area contributed by atoms with Gasteiger partial charge in [-0.25, -0.2) is 0 Å². The van der Waals surface area contributed by atoms with E-state index >= 15 is 4.79 Å². The molecule has 2 saturated carbocycles. The van der Waals surface area contributed by atoms with E-state index in [0.717, 1.165) is 60.8 Å². The average Bonchev–Trinajstić information content (AvgIpc) is 0.741. The van der Waals surface area contributed by atoms with Crippen molar-refractivity contribution in [1.29, 1.82) is 0 Å². The Kier molecular flexibility index (Phi) is 25.9. The second-order valence-electron chi connectivity index (χ2n) is 34.8. The Hall–Kier alpha value is -8.15. The predicted molar refractivity (Wildman–Crippen MR) is 477 cm³/mol. The van der Waals surface area contributed by atoms with Crippen LogP contribution >= 0.6 is 58.8 Å². The summed E-state index contributed by atoms with van der Waals surface area (Å²) in [6, 6.07) is 82.6. The third-order valence-corrected chi connectivity index (χ3v) is 28.8. The maximum Gasteiger partial charge on any atom is 0.196 e. The summed E-state index contributed by atoms with van der Waals surface area (Å²) in [6.07, 6.45) is 21.7. The highest BCUT2D eigenvalue weighted by Crippen LogP contribution is 2.48. The van der Waals surface area contributed by atoms with Crippen molar-refractivity contribution in [2.75, 3.05) is 0 Å². The fraction of sp³-hybridized carbons (Fsp3) is 0.327. The van der Waals surface area contributed by atoms with Gasteiger partial charge >= 0.3 is 0 Å². The van der Waals surface area contributed by atoms with E-state index < -0.39 is 0 Å². The molecule has 0 amide bonds. The third kappa shape index (κ3) is 19.5. The molecule has 9 heteroatoms. The minimum Gasteiger partial charge on any atom is -0.289 e. The van der Waals surface area contributed by atoms with Crippen LogP contribution in [0, 0.1) is 11.8 Å². The van der Waals surface area contributed by atoms with Gasteiger partial charge < -0.3 is 0 Å². The number of carbonyl (C=O) groups excluding carboxylic acids is 4. The molecule has 578 valence electrons. The van der Waals surface area contributed by atoms with Gasteiger partial charge in [0.15, 0.2) is 23.1 Å². The normalized spacial score (nSPS) is 16.9. The van der Waals surface area contributed by atoms with Gasteiger partial charge in [-0.3, -0.25) is 19.2 Å². The number of ketones is 4. The molecular weight excluding hydrogens is 1470 g/mol. The van der Waals surface area contributed by atoms with Crippen molar-refractivity contribution in [2.24, 2.45) is 11.8 Å². The fourth-order valence-electron chi connectivity index (χ4n) is 16.7. The van der Waals surface area contributed by atoms with E-state index in [4.69, 9.17) is 0 Å². The zero-order valence-corrected chi connectivity index (χ0v) is 71.9. The largest absolute Gasteiger partial charge is 0.289 e. The molecule has 11 aromatic rings. The van der Waals surface area contributed by atoms with E-state index in [9.17, 15) is 14.4 Å². The third-order valence-electron chi connectivity index (χ3n) is 23.6. The molecule has 0 spiro atoms. The highest BCUT2D eigenvalue weighted by Gasteiger charge is 2.37. The van der Waals surface area contributed by atoms with Gasteiger partial charge in [0.05, 0.1) is 0 Å². The summed E-state index contributed by atoms with van der Waals surface area (Å²) in [7, 11) is 0. The Morgan fingerprint density at radius 1 is 0.274 bits per heavy atom. The van der Waals surface area contributed by atoms with Crippen LogP contribution < -0.4 is 0 Å². The van der Waals surface area contributed by atoms with Crippen molar-refractivity contribution in [3.05, 3.63) is 309 Å². The maximum atomic E-state index is 15.1. The fourth-order valence-corrected chi connectivity index (χ4v) is 21.3. The summed E-state index contributed by atoms with van der Waals surface area (Å²) >= 11 is 7.88. The van der Waals surface area contributed by atoms with Crippen LogP contribution in [0.3, 0.4) is 0 Å². The smallest absolute Gasteiger partial charge is 0.196 e. The van der Waals surface area contributed by atoms with E-state index in [1.807, 2.05) is 66.7 Å². The van der Waals surface area contributed by atoms with Crippen LogP contribution in [0.25, 0.3) is 22.3 Å². The van der Waals surface area contributed by atoms with Crippen LogP contribution in [0.2, 0.25) is 0 Å². The van der Waals surface area contributed by atoms with Crippen LogP contribution in [0.15, 0.2) is 286 Å². The Balaban J connectivity index is 0.000000191. The van der Waals surface area contributed by atoms with Gasteiger partial charge in [0.25, 0.3) is 0 Å². The molecule has 15 rings (SSSR count). The van der Waals surface area contributed by atoms with Crippen molar-refractivity contribution in [1.82, 2.24) is 0 Å². The van der Waals surface area contributed by atoms with Crippen LogP contribution in [0.1, 0.15) is 282 Å². The molecular formula is C104H108O4S5. The maximum absolute atomic E-state index is 15.1. The zero-order valence-electron chi connectivity index (χ0n) is 67.8. The lowest BCUT2D eigenvalue weighted by Gasteiger charge is -2.29. The Morgan fingerprint density at radius 3 is 0.929 bits per heavy atom. The molecule has 0 heterocycles. The summed E-state index contributed by atoms with van der Waals surface area (Å²) in [6.45, 7) is 24.5. The van der Waals surface area contributed by atoms with Gasteiger partial charge in [-0.1, -0.05) is 308 Å². The lowest BCUT2D eigenvalue weighted by atomic mass is 9.77. The number of hydrogen-bond donors (Lipinski definition) is 0. The average molecular weight is 1580 g/mol. The zero-order chi connectivity index (χ0) is 79.1. The van der Waals surface area contributed by atoms with Gasteiger partial charge in [-0.05, 0) is 257 Å². The highest BCUT2D eigenvalue weighted by molar-refractivity contribution is 8.00. The first kappa shape index (κ1) is 81.4. The number of rotatable bonds is 22. The van der Waals surface area contributed by atoms with Gasteiger partial charge in [0, 0.05) is 93.5 Å². The van der Waals surface area contributed by atoms with Crippen molar-refractivity contribution < 1.29 is 19.2 Å². The molecule has 11 aromatic carbocycles. The van der Waals surface area contributed by atoms with E-state index in [-0.39, 0.29) is 39.4 Å². The molecule has 113 heavy (non-hydrogen) atoms. The monoisotopic (exact) mass is 1580 g/mol. The summed E-state index contributed by atoms with van der Waals surface area (Å²) in [5.74, 6) is 2.85. The van der Waals surface area contributed by atoms with E-state index in [2.05, 4.69) is 246 Å². The summed E-state index contributed by atoms with van der Waals surface area (Å²) in [5, 5.41) is 0. The molecule has 0 atom stereocenters. The first-order valence-electron chi connectivity index (χ1n) is 41.3. The van der Waals surface area contributed by atoms with Crippen molar-refractivity contribution in [3.8, 4) is 22.3 Å². The standard InChI is InChI=1S/C57H60O2S3.C47H48O2S2/c1-8-9-10-12-37-15-17-38(18-16-37)39-19-21-40(22-20-39)41-23-29-44(30-24-41)61-49-35-36-50(62-46-33-27-43(28-34-46)57(5,6)7)53-52(49)54(58)47-13-11-14-48(51(47)55(53)59)60-45-31-25-42(26-32-45)56(2,3)4;1-5-6-7-8-31-9-11-32(12-10-31)33-13-15-34(16-14-33)35-17-21-37(22-18-35)50-39-25-27-41-43(29-39)45(48)42-28-26-40(30-44(42)46(41)49)51-38-23-19-36(20-24-38)47(2,3)4/h11,13-14,19-38H,8-10,12,15-18H2,1-7H3;13-32H,5-12H2,1-4H3. The molecule has 4 aliphatic rings. The number of fused-ring (bicyclic) bond motifs is 4. The van der Waals surface area contributed by atoms with Gasteiger partial charge in [0.1, 0.15) is 0 Å². The van der Waals surface area contributed by atoms with Crippen LogP contribution in [-0.2, 0) is 16.2 Å². The Morgan fingerprint density at radius 2 is 0.584 bits per heavy atom. The summed E-state index contributed by atoms with van der Waals surface area (Å²) in [5.41, 5.74) is 15.6. The summed E-state index contributed by atoms with van der Waals surface area (Å²) < 4.78 is 0. The molecule has 2 fully saturated rings. The molecule has 0 N–H and O–H groups in total. The second-order valence-corrected chi connectivity index (χ2v) is 40.4. The molecule has 0 radical (unpaired) electrons. The Labute approximate surface area is 694 Å². The first-order valence-corrected chi connectivity index (χ1v) is 45.4. The highest BCUT2D eigenvalue weighted by atomic mass is 32.2. The van der Waals surface area contributed by atoms with E-state index in [1.54, 1.807) is 58.8 Å².